The molecule has 0 spiro atoms. The SMILES string of the molecule is Cc1cc(C(=O)O)nc(NCCOc2cccc3cccnc23)n1. The van der Waals surface area contributed by atoms with Crippen LogP contribution in [-0.4, -0.2) is 39.2 Å². The zero-order valence-electron chi connectivity index (χ0n) is 13.1. The van der Waals surface area contributed by atoms with Crippen molar-refractivity contribution in [2.24, 2.45) is 0 Å². The lowest BCUT2D eigenvalue weighted by atomic mass is 10.2. The third-order valence-corrected chi connectivity index (χ3v) is 3.31. The number of benzene rings is 1. The normalized spacial score (nSPS) is 10.5. The molecule has 0 bridgehead atoms. The lowest BCUT2D eigenvalue weighted by Crippen LogP contribution is -2.15. The van der Waals surface area contributed by atoms with Crippen LogP contribution in [0.5, 0.6) is 5.75 Å². The summed E-state index contributed by atoms with van der Waals surface area (Å²) in [4.78, 5) is 23.4. The molecule has 3 aromatic rings. The maximum absolute atomic E-state index is 11.0. The number of para-hydroxylation sites is 1. The average Bonchev–Trinajstić information content (AvgIpc) is 2.58. The van der Waals surface area contributed by atoms with Crippen LogP contribution in [0.2, 0.25) is 0 Å². The van der Waals surface area contributed by atoms with Crippen LogP contribution < -0.4 is 10.1 Å². The summed E-state index contributed by atoms with van der Waals surface area (Å²) in [6, 6.07) is 11.0. The van der Waals surface area contributed by atoms with Gasteiger partial charge in [0.05, 0.1) is 6.54 Å². The molecule has 3 rings (SSSR count). The molecule has 0 aliphatic heterocycles. The van der Waals surface area contributed by atoms with Crippen molar-refractivity contribution in [3.05, 3.63) is 54.0 Å². The lowest BCUT2D eigenvalue weighted by molar-refractivity contribution is 0.0690. The fourth-order valence-corrected chi connectivity index (χ4v) is 2.27. The van der Waals surface area contributed by atoms with Gasteiger partial charge in [-0.2, -0.15) is 0 Å². The minimum Gasteiger partial charge on any atom is -0.489 e. The number of anilines is 1. The number of carboxylic acids is 1. The fourth-order valence-electron chi connectivity index (χ4n) is 2.27. The average molecular weight is 324 g/mol. The van der Waals surface area contributed by atoms with Crippen LogP contribution in [0.15, 0.2) is 42.6 Å². The Balaban J connectivity index is 1.62. The number of carbonyl (C=O) groups is 1. The van der Waals surface area contributed by atoms with Crippen molar-refractivity contribution in [3.63, 3.8) is 0 Å². The molecule has 0 amide bonds. The van der Waals surface area contributed by atoms with Gasteiger partial charge in [-0.15, -0.1) is 0 Å². The van der Waals surface area contributed by atoms with Crippen molar-refractivity contribution in [1.29, 1.82) is 0 Å². The van der Waals surface area contributed by atoms with Crippen LogP contribution in [0, 0.1) is 6.92 Å². The maximum atomic E-state index is 11.0. The molecule has 0 unspecified atom stereocenters. The first-order valence-electron chi connectivity index (χ1n) is 7.43. The van der Waals surface area contributed by atoms with Crippen LogP contribution >= 0.6 is 0 Å². The summed E-state index contributed by atoms with van der Waals surface area (Å²) in [6.45, 7) is 2.53. The Hall–Kier alpha value is -3.22. The van der Waals surface area contributed by atoms with Crippen molar-refractivity contribution in [2.75, 3.05) is 18.5 Å². The predicted octanol–water partition coefficient (Wildman–Crippen LogP) is 2.52. The number of hydrogen-bond donors (Lipinski definition) is 2. The highest BCUT2D eigenvalue weighted by atomic mass is 16.5. The van der Waals surface area contributed by atoms with Gasteiger partial charge in [0, 0.05) is 17.3 Å². The second-order valence-corrected chi connectivity index (χ2v) is 5.13. The summed E-state index contributed by atoms with van der Waals surface area (Å²) in [5.74, 6) is -0.111. The number of fused-ring (bicyclic) bond motifs is 1. The molecule has 0 radical (unpaired) electrons. The number of carboxylic acid groups (broad SMARTS) is 1. The van der Waals surface area contributed by atoms with Crippen LogP contribution in [0.4, 0.5) is 5.95 Å². The monoisotopic (exact) mass is 324 g/mol. The van der Waals surface area contributed by atoms with E-state index in [1.54, 1.807) is 13.1 Å². The minimum absolute atomic E-state index is 0.0378. The molecular formula is C17H16N4O3. The van der Waals surface area contributed by atoms with E-state index >= 15 is 0 Å². The van der Waals surface area contributed by atoms with E-state index < -0.39 is 5.97 Å². The highest BCUT2D eigenvalue weighted by Gasteiger charge is 2.08. The molecule has 0 aliphatic rings. The van der Waals surface area contributed by atoms with Gasteiger partial charge in [-0.3, -0.25) is 4.98 Å². The van der Waals surface area contributed by atoms with Gasteiger partial charge in [-0.25, -0.2) is 14.8 Å². The summed E-state index contributed by atoms with van der Waals surface area (Å²) in [5, 5.41) is 13.0. The molecular weight excluding hydrogens is 308 g/mol. The van der Waals surface area contributed by atoms with Crippen molar-refractivity contribution >= 4 is 22.8 Å². The highest BCUT2D eigenvalue weighted by Crippen LogP contribution is 2.22. The van der Waals surface area contributed by atoms with E-state index in [2.05, 4.69) is 20.3 Å². The van der Waals surface area contributed by atoms with Gasteiger partial charge in [0.25, 0.3) is 0 Å². The van der Waals surface area contributed by atoms with Crippen molar-refractivity contribution < 1.29 is 14.6 Å². The number of pyridine rings is 1. The molecule has 0 saturated heterocycles. The molecule has 2 N–H and O–H groups in total. The lowest BCUT2D eigenvalue weighted by Gasteiger charge is -2.10. The van der Waals surface area contributed by atoms with Gasteiger partial charge in [0.15, 0.2) is 5.69 Å². The molecule has 2 aromatic heterocycles. The van der Waals surface area contributed by atoms with Gasteiger partial charge >= 0.3 is 5.97 Å². The summed E-state index contributed by atoms with van der Waals surface area (Å²) in [6.07, 6.45) is 1.72. The Morgan fingerprint density at radius 3 is 2.92 bits per heavy atom. The van der Waals surface area contributed by atoms with Crippen molar-refractivity contribution in [2.45, 2.75) is 6.92 Å². The van der Waals surface area contributed by atoms with Crippen LogP contribution in [-0.2, 0) is 0 Å². The molecule has 0 atom stereocenters. The molecule has 24 heavy (non-hydrogen) atoms. The Morgan fingerprint density at radius 1 is 1.25 bits per heavy atom. The van der Waals surface area contributed by atoms with Crippen molar-refractivity contribution in [1.82, 2.24) is 15.0 Å². The third kappa shape index (κ3) is 3.57. The van der Waals surface area contributed by atoms with E-state index in [0.29, 0.717) is 24.6 Å². The first kappa shape index (κ1) is 15.7. The van der Waals surface area contributed by atoms with Gasteiger partial charge in [-0.05, 0) is 25.1 Å². The largest absolute Gasteiger partial charge is 0.489 e. The molecule has 0 aliphatic carbocycles. The van der Waals surface area contributed by atoms with E-state index in [-0.39, 0.29) is 11.6 Å². The van der Waals surface area contributed by atoms with Gasteiger partial charge in [0.2, 0.25) is 5.95 Å². The van der Waals surface area contributed by atoms with Gasteiger partial charge in [-0.1, -0.05) is 18.2 Å². The predicted molar refractivity (Wildman–Crippen MR) is 89.5 cm³/mol. The molecule has 7 heteroatoms. The van der Waals surface area contributed by atoms with E-state index in [1.165, 1.54) is 6.07 Å². The Bertz CT molecular complexity index is 877. The number of rotatable bonds is 6. The minimum atomic E-state index is -1.08. The second-order valence-electron chi connectivity index (χ2n) is 5.13. The summed E-state index contributed by atoms with van der Waals surface area (Å²) in [5.41, 5.74) is 1.35. The number of hydrogen-bond acceptors (Lipinski definition) is 6. The summed E-state index contributed by atoms with van der Waals surface area (Å²) >= 11 is 0. The van der Waals surface area contributed by atoms with E-state index in [1.807, 2.05) is 30.3 Å². The van der Waals surface area contributed by atoms with E-state index in [0.717, 1.165) is 10.9 Å². The van der Waals surface area contributed by atoms with E-state index in [4.69, 9.17) is 9.84 Å². The number of nitrogens with zero attached hydrogens (tertiary/aromatic N) is 3. The van der Waals surface area contributed by atoms with Gasteiger partial charge in [0.1, 0.15) is 17.9 Å². The Morgan fingerprint density at radius 2 is 2.08 bits per heavy atom. The molecule has 2 heterocycles. The number of aromatic carboxylic acids is 1. The van der Waals surface area contributed by atoms with Crippen LogP contribution in [0.3, 0.4) is 0 Å². The number of aromatic nitrogens is 3. The fraction of sp³-hybridized carbons (Fsp3) is 0.176. The summed E-state index contributed by atoms with van der Waals surface area (Å²) < 4.78 is 5.75. The standard InChI is InChI=1S/C17H16N4O3/c1-11-10-13(16(22)23)21-17(20-11)19-8-9-24-14-6-2-4-12-5-3-7-18-15(12)14/h2-7,10H,8-9H2,1H3,(H,22,23)(H,19,20,21). The van der Waals surface area contributed by atoms with Crippen LogP contribution in [0.25, 0.3) is 10.9 Å². The first-order chi connectivity index (χ1) is 11.6. The van der Waals surface area contributed by atoms with Crippen LogP contribution in [0.1, 0.15) is 16.2 Å². The van der Waals surface area contributed by atoms with E-state index in [9.17, 15) is 4.79 Å². The zero-order valence-corrected chi connectivity index (χ0v) is 13.1. The summed E-state index contributed by atoms with van der Waals surface area (Å²) in [7, 11) is 0. The number of aryl methyl sites for hydroxylation is 1. The maximum Gasteiger partial charge on any atom is 0.354 e. The quantitative estimate of drug-likeness (QED) is 0.672. The smallest absolute Gasteiger partial charge is 0.354 e. The molecule has 1 aromatic carbocycles. The molecule has 0 fully saturated rings. The third-order valence-electron chi connectivity index (χ3n) is 3.31. The zero-order chi connectivity index (χ0) is 16.9. The first-order valence-corrected chi connectivity index (χ1v) is 7.43. The highest BCUT2D eigenvalue weighted by molar-refractivity contribution is 5.85. The number of nitrogens with one attached hydrogen (secondary N) is 1. The Labute approximate surface area is 138 Å². The topological polar surface area (TPSA) is 97.2 Å². The van der Waals surface area contributed by atoms with Crippen molar-refractivity contribution in [3.8, 4) is 5.75 Å². The molecule has 122 valence electrons. The molecule has 0 saturated carbocycles. The molecule has 7 nitrogen and oxygen atoms in total. The second kappa shape index (κ2) is 6.91. The van der Waals surface area contributed by atoms with Gasteiger partial charge < -0.3 is 15.2 Å². The Kier molecular flexibility index (Phi) is 4.51. The number of ether oxygens (including phenoxy) is 1.